The molecular formula is C16H22F3NO. The van der Waals surface area contributed by atoms with Gasteiger partial charge in [0.2, 0.25) is 0 Å². The van der Waals surface area contributed by atoms with Gasteiger partial charge >= 0.3 is 0 Å². The van der Waals surface area contributed by atoms with Crippen molar-refractivity contribution in [2.75, 3.05) is 13.1 Å². The molecule has 1 saturated carbocycles. The van der Waals surface area contributed by atoms with Crippen LogP contribution in [0.1, 0.15) is 51.2 Å². The molecule has 0 saturated heterocycles. The first-order valence-electron chi connectivity index (χ1n) is 7.54. The zero-order valence-electron chi connectivity index (χ0n) is 12.5. The number of halogens is 3. The largest absolute Gasteiger partial charge is 0.386 e. The lowest BCUT2D eigenvalue weighted by molar-refractivity contribution is -0.0289. The molecule has 1 aromatic rings. The Labute approximate surface area is 123 Å². The van der Waals surface area contributed by atoms with Crippen LogP contribution in [-0.2, 0) is 0 Å². The molecule has 1 aromatic carbocycles. The summed E-state index contributed by atoms with van der Waals surface area (Å²) in [5.41, 5.74) is -0.739. The molecule has 5 heteroatoms. The number of aliphatic hydroxyl groups excluding tert-OH is 1. The van der Waals surface area contributed by atoms with E-state index >= 15 is 0 Å². The van der Waals surface area contributed by atoms with Crippen LogP contribution in [0.5, 0.6) is 0 Å². The first-order chi connectivity index (χ1) is 9.97. The minimum absolute atomic E-state index is 0.150. The maximum Gasteiger partial charge on any atom is 0.194 e. The average Bonchev–Trinajstić information content (AvgIpc) is 2.96. The summed E-state index contributed by atoms with van der Waals surface area (Å²) in [6.45, 7) is 5.41. The monoisotopic (exact) mass is 301 g/mol. The number of benzene rings is 1. The third kappa shape index (κ3) is 2.69. The quantitative estimate of drug-likeness (QED) is 0.836. The van der Waals surface area contributed by atoms with Crippen molar-refractivity contribution >= 4 is 0 Å². The summed E-state index contributed by atoms with van der Waals surface area (Å²) >= 11 is 0. The van der Waals surface area contributed by atoms with Crippen LogP contribution in [0.25, 0.3) is 0 Å². The molecule has 118 valence electrons. The Balaban J connectivity index is 2.44. The van der Waals surface area contributed by atoms with E-state index in [0.29, 0.717) is 0 Å². The topological polar surface area (TPSA) is 23.5 Å². The SMILES string of the molecule is CCN(CC)C1(C(O)c2ccc(F)c(F)c2F)CCCC1. The lowest BCUT2D eigenvalue weighted by atomic mass is 9.83. The van der Waals surface area contributed by atoms with Crippen molar-refractivity contribution in [3.05, 3.63) is 35.1 Å². The predicted molar refractivity (Wildman–Crippen MR) is 75.4 cm³/mol. The van der Waals surface area contributed by atoms with Crippen LogP contribution in [-0.4, -0.2) is 28.6 Å². The highest BCUT2D eigenvalue weighted by atomic mass is 19.2. The predicted octanol–water partition coefficient (Wildman–Crippen LogP) is 3.79. The van der Waals surface area contributed by atoms with E-state index in [1.165, 1.54) is 0 Å². The highest BCUT2D eigenvalue weighted by Gasteiger charge is 2.46. The minimum Gasteiger partial charge on any atom is -0.386 e. The van der Waals surface area contributed by atoms with Gasteiger partial charge in [0.1, 0.15) is 6.10 Å². The Hall–Kier alpha value is -1.07. The molecule has 0 bridgehead atoms. The molecular weight excluding hydrogens is 279 g/mol. The number of aliphatic hydroxyl groups is 1. The molecule has 1 aliphatic carbocycles. The zero-order valence-corrected chi connectivity index (χ0v) is 12.5. The molecule has 1 aliphatic rings. The first kappa shape index (κ1) is 16.3. The van der Waals surface area contributed by atoms with Gasteiger partial charge in [0, 0.05) is 5.56 Å². The molecule has 0 spiro atoms. The van der Waals surface area contributed by atoms with Crippen LogP contribution in [0, 0.1) is 17.5 Å². The number of hydrogen-bond donors (Lipinski definition) is 1. The van der Waals surface area contributed by atoms with Gasteiger partial charge in [0.25, 0.3) is 0 Å². The lowest BCUT2D eigenvalue weighted by Crippen LogP contribution is -2.51. The lowest BCUT2D eigenvalue weighted by Gasteiger charge is -2.44. The van der Waals surface area contributed by atoms with Crippen molar-refractivity contribution in [1.82, 2.24) is 4.90 Å². The molecule has 2 nitrogen and oxygen atoms in total. The van der Waals surface area contributed by atoms with Crippen molar-refractivity contribution in [3.8, 4) is 0 Å². The second kappa shape index (κ2) is 6.36. The normalized spacial score (nSPS) is 19.2. The molecule has 1 unspecified atom stereocenters. The van der Waals surface area contributed by atoms with Crippen LogP contribution >= 0.6 is 0 Å². The molecule has 2 rings (SSSR count). The average molecular weight is 301 g/mol. The van der Waals surface area contributed by atoms with Crippen molar-refractivity contribution in [2.45, 2.75) is 51.2 Å². The van der Waals surface area contributed by atoms with E-state index < -0.39 is 29.1 Å². The van der Waals surface area contributed by atoms with Gasteiger partial charge in [-0.05, 0) is 32.0 Å². The summed E-state index contributed by atoms with van der Waals surface area (Å²) in [4.78, 5) is 2.10. The van der Waals surface area contributed by atoms with E-state index in [0.717, 1.165) is 50.9 Å². The van der Waals surface area contributed by atoms with Crippen LogP contribution in [0.2, 0.25) is 0 Å². The van der Waals surface area contributed by atoms with E-state index in [-0.39, 0.29) is 5.56 Å². The highest BCUT2D eigenvalue weighted by molar-refractivity contribution is 5.26. The first-order valence-corrected chi connectivity index (χ1v) is 7.54. The fraction of sp³-hybridized carbons (Fsp3) is 0.625. The second-order valence-corrected chi connectivity index (χ2v) is 5.65. The highest BCUT2D eigenvalue weighted by Crippen LogP contribution is 2.45. The maximum atomic E-state index is 14.0. The molecule has 1 fully saturated rings. The number of hydrogen-bond acceptors (Lipinski definition) is 2. The van der Waals surface area contributed by atoms with Gasteiger partial charge in [-0.15, -0.1) is 0 Å². The van der Waals surface area contributed by atoms with Gasteiger partial charge < -0.3 is 5.11 Å². The molecule has 1 atom stereocenters. The van der Waals surface area contributed by atoms with Crippen LogP contribution in [0.3, 0.4) is 0 Å². The van der Waals surface area contributed by atoms with E-state index in [1.54, 1.807) is 0 Å². The Bertz CT molecular complexity index is 497. The van der Waals surface area contributed by atoms with Crippen molar-refractivity contribution in [1.29, 1.82) is 0 Å². The summed E-state index contributed by atoms with van der Waals surface area (Å²) in [6, 6.07) is 2.03. The Morgan fingerprint density at radius 2 is 1.67 bits per heavy atom. The molecule has 0 aromatic heterocycles. The Morgan fingerprint density at radius 1 is 1.10 bits per heavy atom. The molecule has 21 heavy (non-hydrogen) atoms. The van der Waals surface area contributed by atoms with Gasteiger partial charge in [-0.25, -0.2) is 13.2 Å². The van der Waals surface area contributed by atoms with Crippen LogP contribution < -0.4 is 0 Å². The minimum atomic E-state index is -1.51. The summed E-state index contributed by atoms with van der Waals surface area (Å²) in [6.07, 6.45) is 2.19. The van der Waals surface area contributed by atoms with Gasteiger partial charge in [-0.3, -0.25) is 4.90 Å². The number of rotatable bonds is 5. The van der Waals surface area contributed by atoms with Gasteiger partial charge in [-0.2, -0.15) is 0 Å². The van der Waals surface area contributed by atoms with Crippen molar-refractivity contribution < 1.29 is 18.3 Å². The Kier molecular flexibility index (Phi) is 4.94. The van der Waals surface area contributed by atoms with Gasteiger partial charge in [-0.1, -0.05) is 32.8 Å². The summed E-state index contributed by atoms with van der Waals surface area (Å²) < 4.78 is 40.5. The van der Waals surface area contributed by atoms with E-state index in [4.69, 9.17) is 0 Å². The maximum absolute atomic E-state index is 14.0. The molecule has 1 N–H and O–H groups in total. The van der Waals surface area contributed by atoms with Gasteiger partial charge in [0.15, 0.2) is 17.5 Å². The van der Waals surface area contributed by atoms with Crippen LogP contribution in [0.15, 0.2) is 12.1 Å². The third-order valence-electron chi connectivity index (χ3n) is 4.73. The van der Waals surface area contributed by atoms with E-state index in [9.17, 15) is 18.3 Å². The molecule has 0 aliphatic heterocycles. The summed E-state index contributed by atoms with van der Waals surface area (Å²) in [7, 11) is 0. The summed E-state index contributed by atoms with van der Waals surface area (Å²) in [5, 5.41) is 10.7. The zero-order chi connectivity index (χ0) is 15.6. The fourth-order valence-electron chi connectivity index (χ4n) is 3.64. The number of nitrogens with zero attached hydrogens (tertiary/aromatic N) is 1. The summed E-state index contributed by atoms with van der Waals surface area (Å²) in [5.74, 6) is -4.02. The van der Waals surface area contributed by atoms with E-state index in [1.807, 2.05) is 13.8 Å². The molecule has 0 heterocycles. The van der Waals surface area contributed by atoms with E-state index in [2.05, 4.69) is 4.90 Å². The standard InChI is InChI=1S/C16H22F3NO/c1-3-20(4-2)16(9-5-6-10-16)15(21)11-7-8-12(17)14(19)13(11)18/h7-8,15,21H,3-6,9-10H2,1-2H3. The fourth-order valence-corrected chi connectivity index (χ4v) is 3.64. The molecule has 0 radical (unpaired) electrons. The van der Waals surface area contributed by atoms with Crippen molar-refractivity contribution in [3.63, 3.8) is 0 Å². The Morgan fingerprint density at radius 3 is 2.19 bits per heavy atom. The number of likely N-dealkylation sites (N-methyl/N-ethyl adjacent to an activating group) is 1. The smallest absolute Gasteiger partial charge is 0.194 e. The van der Waals surface area contributed by atoms with Crippen LogP contribution in [0.4, 0.5) is 13.2 Å². The van der Waals surface area contributed by atoms with Crippen molar-refractivity contribution in [2.24, 2.45) is 0 Å². The second-order valence-electron chi connectivity index (χ2n) is 5.65. The third-order valence-corrected chi connectivity index (χ3v) is 4.73. The molecule has 0 amide bonds. The van der Waals surface area contributed by atoms with Gasteiger partial charge in [0.05, 0.1) is 5.54 Å².